The summed E-state index contributed by atoms with van der Waals surface area (Å²) in [6.07, 6.45) is 0.849. The molecule has 0 spiro atoms. The van der Waals surface area contributed by atoms with Gasteiger partial charge in [-0.25, -0.2) is 4.39 Å². The Bertz CT molecular complexity index is 725. The third-order valence-electron chi connectivity index (χ3n) is 3.16. The molecule has 2 N–H and O–H groups in total. The summed E-state index contributed by atoms with van der Waals surface area (Å²) in [5.74, 6) is -1.16. The number of hydrogen-bond donors (Lipinski definition) is 2. The average Bonchev–Trinajstić information content (AvgIpc) is 2.83. The molecular formula is C16H17FN2O2S. The lowest BCUT2D eigenvalue weighted by atomic mass is 10.2. The summed E-state index contributed by atoms with van der Waals surface area (Å²) in [6, 6.07) is 5.87. The minimum Gasteiger partial charge on any atom is -0.326 e. The Morgan fingerprint density at radius 1 is 1.23 bits per heavy atom. The van der Waals surface area contributed by atoms with Gasteiger partial charge in [0, 0.05) is 17.5 Å². The van der Waals surface area contributed by atoms with E-state index in [9.17, 15) is 14.0 Å². The number of aryl methyl sites for hydroxylation is 2. The van der Waals surface area contributed by atoms with Crippen molar-refractivity contribution in [3.63, 3.8) is 0 Å². The second-order valence-corrected chi connectivity index (χ2v) is 6.13. The van der Waals surface area contributed by atoms with E-state index in [2.05, 4.69) is 10.6 Å². The van der Waals surface area contributed by atoms with Crippen LogP contribution in [0.3, 0.4) is 0 Å². The van der Waals surface area contributed by atoms with Crippen LogP contribution in [0.4, 0.5) is 15.8 Å². The average molecular weight is 320 g/mol. The topological polar surface area (TPSA) is 58.2 Å². The number of carbonyl (C=O) groups is 2. The van der Waals surface area contributed by atoms with Gasteiger partial charge in [-0.2, -0.15) is 0 Å². The normalized spacial score (nSPS) is 10.4. The van der Waals surface area contributed by atoms with Crippen molar-refractivity contribution in [2.24, 2.45) is 0 Å². The number of rotatable bonds is 4. The van der Waals surface area contributed by atoms with Crippen LogP contribution in [-0.2, 0) is 11.2 Å². The first-order valence-electron chi connectivity index (χ1n) is 6.88. The maximum Gasteiger partial charge on any atom is 0.265 e. The van der Waals surface area contributed by atoms with Gasteiger partial charge in [0.05, 0.1) is 10.6 Å². The van der Waals surface area contributed by atoms with Gasteiger partial charge in [0.15, 0.2) is 0 Å². The number of halogens is 1. The molecule has 0 bridgehead atoms. The predicted molar refractivity (Wildman–Crippen MR) is 87.1 cm³/mol. The summed E-state index contributed by atoms with van der Waals surface area (Å²) >= 11 is 1.38. The van der Waals surface area contributed by atoms with E-state index >= 15 is 0 Å². The molecule has 0 atom stereocenters. The van der Waals surface area contributed by atoms with Gasteiger partial charge in [0.2, 0.25) is 5.91 Å². The molecule has 0 radical (unpaired) electrons. The molecule has 0 unspecified atom stereocenters. The fourth-order valence-electron chi connectivity index (χ4n) is 2.07. The second kappa shape index (κ2) is 6.70. The van der Waals surface area contributed by atoms with Crippen molar-refractivity contribution in [1.82, 2.24) is 0 Å². The standard InChI is InChI=1S/C16H17FN2O2S/c1-4-11-7-15(22-9(11)2)16(21)19-14-8-12(18-10(3)20)5-6-13(14)17/h5-8H,4H2,1-3H3,(H,18,20)(H,19,21). The quantitative estimate of drug-likeness (QED) is 0.895. The molecule has 0 aliphatic rings. The molecule has 0 aliphatic carbocycles. The molecule has 0 aliphatic heterocycles. The fraction of sp³-hybridized carbons (Fsp3) is 0.250. The monoisotopic (exact) mass is 320 g/mol. The number of thiophene rings is 1. The SMILES string of the molecule is CCc1cc(C(=O)Nc2cc(NC(C)=O)ccc2F)sc1C. The van der Waals surface area contributed by atoms with Gasteiger partial charge in [-0.1, -0.05) is 6.92 Å². The Morgan fingerprint density at radius 3 is 2.55 bits per heavy atom. The minimum atomic E-state index is -0.550. The van der Waals surface area contributed by atoms with Crippen molar-refractivity contribution in [1.29, 1.82) is 0 Å². The Labute approximate surface area is 132 Å². The summed E-state index contributed by atoms with van der Waals surface area (Å²) < 4.78 is 13.8. The van der Waals surface area contributed by atoms with Crippen LogP contribution < -0.4 is 10.6 Å². The third kappa shape index (κ3) is 3.71. The Kier molecular flexibility index (Phi) is 4.92. The first-order chi connectivity index (χ1) is 10.4. The van der Waals surface area contributed by atoms with Crippen molar-refractivity contribution in [3.05, 3.63) is 45.4 Å². The van der Waals surface area contributed by atoms with Crippen LogP contribution in [-0.4, -0.2) is 11.8 Å². The zero-order valence-electron chi connectivity index (χ0n) is 12.6. The first-order valence-corrected chi connectivity index (χ1v) is 7.70. The summed E-state index contributed by atoms with van der Waals surface area (Å²) in [6.45, 7) is 5.34. The highest BCUT2D eigenvalue weighted by Gasteiger charge is 2.14. The molecule has 1 aromatic carbocycles. The molecule has 0 saturated carbocycles. The van der Waals surface area contributed by atoms with Crippen molar-refractivity contribution < 1.29 is 14.0 Å². The maximum absolute atomic E-state index is 13.8. The summed E-state index contributed by atoms with van der Waals surface area (Å²) in [7, 11) is 0. The number of carbonyl (C=O) groups excluding carboxylic acids is 2. The van der Waals surface area contributed by atoms with Gasteiger partial charge in [0.1, 0.15) is 5.82 Å². The van der Waals surface area contributed by atoms with E-state index in [4.69, 9.17) is 0 Å². The molecule has 2 aromatic rings. The zero-order chi connectivity index (χ0) is 16.3. The van der Waals surface area contributed by atoms with Crippen molar-refractivity contribution in [2.75, 3.05) is 10.6 Å². The van der Waals surface area contributed by atoms with E-state index < -0.39 is 5.82 Å². The van der Waals surface area contributed by atoms with Gasteiger partial charge in [-0.15, -0.1) is 11.3 Å². The van der Waals surface area contributed by atoms with Crippen molar-refractivity contribution >= 4 is 34.5 Å². The molecule has 4 nitrogen and oxygen atoms in total. The van der Waals surface area contributed by atoms with E-state index in [-0.39, 0.29) is 17.5 Å². The Morgan fingerprint density at radius 2 is 1.95 bits per heavy atom. The Hall–Kier alpha value is -2.21. The maximum atomic E-state index is 13.8. The van der Waals surface area contributed by atoms with Gasteiger partial charge < -0.3 is 10.6 Å². The van der Waals surface area contributed by atoms with E-state index in [1.165, 1.54) is 36.5 Å². The molecule has 0 saturated heterocycles. The number of hydrogen-bond acceptors (Lipinski definition) is 3. The lowest BCUT2D eigenvalue weighted by Crippen LogP contribution is -2.12. The number of benzene rings is 1. The highest BCUT2D eigenvalue weighted by atomic mass is 32.1. The highest BCUT2D eigenvalue weighted by molar-refractivity contribution is 7.14. The van der Waals surface area contributed by atoms with Crippen LogP contribution in [0.2, 0.25) is 0 Å². The van der Waals surface area contributed by atoms with Crippen LogP contribution in [0.1, 0.15) is 34.0 Å². The van der Waals surface area contributed by atoms with Crippen molar-refractivity contribution in [2.45, 2.75) is 27.2 Å². The molecule has 6 heteroatoms. The lowest BCUT2D eigenvalue weighted by Gasteiger charge is -2.08. The molecule has 2 rings (SSSR count). The van der Waals surface area contributed by atoms with Crippen molar-refractivity contribution in [3.8, 4) is 0 Å². The van der Waals surface area contributed by atoms with Crippen LogP contribution in [0.15, 0.2) is 24.3 Å². The van der Waals surface area contributed by atoms with Crippen LogP contribution in [0.25, 0.3) is 0 Å². The smallest absolute Gasteiger partial charge is 0.265 e. The highest BCUT2D eigenvalue weighted by Crippen LogP contribution is 2.25. The summed E-state index contributed by atoms with van der Waals surface area (Å²) in [4.78, 5) is 24.9. The summed E-state index contributed by atoms with van der Waals surface area (Å²) in [5.41, 5.74) is 1.59. The van der Waals surface area contributed by atoms with E-state index in [1.807, 2.05) is 19.9 Å². The third-order valence-corrected chi connectivity index (χ3v) is 4.25. The van der Waals surface area contributed by atoms with Crippen LogP contribution in [0.5, 0.6) is 0 Å². The molecule has 116 valence electrons. The van der Waals surface area contributed by atoms with Crippen LogP contribution >= 0.6 is 11.3 Å². The molecule has 0 fully saturated rings. The van der Waals surface area contributed by atoms with Gasteiger partial charge in [0.25, 0.3) is 5.91 Å². The largest absolute Gasteiger partial charge is 0.326 e. The minimum absolute atomic E-state index is 0.0420. The molecule has 2 amide bonds. The molecular weight excluding hydrogens is 303 g/mol. The van der Waals surface area contributed by atoms with E-state index in [1.54, 1.807) is 0 Å². The van der Waals surface area contributed by atoms with E-state index in [0.717, 1.165) is 16.9 Å². The predicted octanol–water partition coefficient (Wildman–Crippen LogP) is 3.97. The van der Waals surface area contributed by atoms with Gasteiger partial charge in [-0.05, 0) is 43.2 Å². The lowest BCUT2D eigenvalue weighted by molar-refractivity contribution is -0.114. The number of nitrogens with one attached hydrogen (secondary N) is 2. The Balaban J connectivity index is 2.21. The molecule has 1 aromatic heterocycles. The molecule has 1 heterocycles. The number of amides is 2. The second-order valence-electron chi connectivity index (χ2n) is 4.88. The van der Waals surface area contributed by atoms with Crippen LogP contribution in [0, 0.1) is 12.7 Å². The van der Waals surface area contributed by atoms with Gasteiger partial charge >= 0.3 is 0 Å². The molecule has 22 heavy (non-hydrogen) atoms. The number of anilines is 2. The summed E-state index contributed by atoms with van der Waals surface area (Å²) in [5, 5.41) is 5.10. The zero-order valence-corrected chi connectivity index (χ0v) is 13.4. The first kappa shape index (κ1) is 16.2. The fourth-order valence-corrected chi connectivity index (χ4v) is 3.08. The van der Waals surface area contributed by atoms with Gasteiger partial charge in [-0.3, -0.25) is 9.59 Å². The van der Waals surface area contributed by atoms with E-state index in [0.29, 0.717) is 10.6 Å².